The molecule has 5 nitrogen and oxygen atoms in total. The quantitative estimate of drug-likeness (QED) is 0.742. The first kappa shape index (κ1) is 18.2. The minimum Gasteiger partial charge on any atom is -0.497 e. The molecule has 1 unspecified atom stereocenters. The van der Waals surface area contributed by atoms with E-state index in [2.05, 4.69) is 10.6 Å². The largest absolute Gasteiger partial charge is 0.497 e. The first-order valence-corrected chi connectivity index (χ1v) is 8.01. The molecule has 0 aliphatic heterocycles. The van der Waals surface area contributed by atoms with Crippen molar-refractivity contribution >= 4 is 29.2 Å². The molecule has 0 heterocycles. The topological polar surface area (TPSA) is 59.6 Å². The number of benzene rings is 2. The number of ether oxygens (including phenoxy) is 2. The molecule has 2 aromatic carbocycles. The Morgan fingerprint density at radius 1 is 1.17 bits per heavy atom. The van der Waals surface area contributed by atoms with Crippen LogP contribution in [-0.2, 0) is 0 Å². The van der Waals surface area contributed by atoms with E-state index in [0.29, 0.717) is 15.8 Å². The predicted molar refractivity (Wildman–Crippen MR) is 95.0 cm³/mol. The zero-order valence-corrected chi connectivity index (χ0v) is 14.8. The van der Waals surface area contributed by atoms with Crippen LogP contribution in [0.5, 0.6) is 11.5 Å². The van der Waals surface area contributed by atoms with Gasteiger partial charge in [-0.2, -0.15) is 0 Å². The van der Waals surface area contributed by atoms with E-state index in [1.165, 1.54) is 0 Å². The van der Waals surface area contributed by atoms with Crippen molar-refractivity contribution in [3.63, 3.8) is 0 Å². The highest BCUT2D eigenvalue weighted by Crippen LogP contribution is 2.27. The molecule has 2 N–H and O–H groups in total. The van der Waals surface area contributed by atoms with Crippen LogP contribution in [0.4, 0.5) is 4.79 Å². The average molecular weight is 369 g/mol. The fraction of sp³-hybridized carbons (Fsp3) is 0.235. The van der Waals surface area contributed by atoms with Gasteiger partial charge in [0, 0.05) is 5.02 Å². The van der Waals surface area contributed by atoms with Crippen molar-refractivity contribution in [2.45, 2.75) is 13.0 Å². The second-order valence-electron chi connectivity index (χ2n) is 5.01. The Hall–Kier alpha value is -2.11. The SMILES string of the molecule is COc1ccc(C(C)NC(=O)NCOc2ccc(Cl)cc2Cl)cc1. The number of carbonyl (C=O) groups excluding carboxylic acids is 1. The highest BCUT2D eigenvalue weighted by Gasteiger charge is 2.09. The number of halogens is 2. The Morgan fingerprint density at radius 2 is 1.88 bits per heavy atom. The van der Waals surface area contributed by atoms with E-state index in [-0.39, 0.29) is 18.8 Å². The van der Waals surface area contributed by atoms with Gasteiger partial charge in [0.1, 0.15) is 11.5 Å². The third-order valence-corrected chi connectivity index (χ3v) is 3.85. The molecule has 2 aromatic rings. The fourth-order valence-electron chi connectivity index (χ4n) is 2.00. The molecule has 7 heteroatoms. The Morgan fingerprint density at radius 3 is 2.50 bits per heavy atom. The molecule has 0 aliphatic carbocycles. The number of carbonyl (C=O) groups is 1. The summed E-state index contributed by atoms with van der Waals surface area (Å²) in [5, 5.41) is 6.33. The van der Waals surface area contributed by atoms with E-state index in [1.54, 1.807) is 25.3 Å². The summed E-state index contributed by atoms with van der Waals surface area (Å²) in [5.41, 5.74) is 0.965. The van der Waals surface area contributed by atoms with Crippen molar-refractivity contribution in [2.24, 2.45) is 0 Å². The average Bonchev–Trinajstić information content (AvgIpc) is 2.57. The minimum absolute atomic E-state index is 0.0114. The smallest absolute Gasteiger partial charge is 0.317 e. The zero-order valence-electron chi connectivity index (χ0n) is 13.3. The number of hydrogen-bond acceptors (Lipinski definition) is 3. The zero-order chi connectivity index (χ0) is 17.5. The molecule has 0 aromatic heterocycles. The number of urea groups is 1. The molecule has 128 valence electrons. The molecule has 0 radical (unpaired) electrons. The molecular weight excluding hydrogens is 351 g/mol. The van der Waals surface area contributed by atoms with Gasteiger partial charge in [0.25, 0.3) is 0 Å². The number of hydrogen-bond donors (Lipinski definition) is 2. The van der Waals surface area contributed by atoms with Gasteiger partial charge in [0.05, 0.1) is 18.2 Å². The molecule has 0 bridgehead atoms. The lowest BCUT2D eigenvalue weighted by Gasteiger charge is -2.16. The lowest BCUT2D eigenvalue weighted by atomic mass is 10.1. The third kappa shape index (κ3) is 5.22. The molecule has 0 saturated carbocycles. The Labute approximate surface area is 150 Å². The van der Waals surface area contributed by atoms with E-state index in [1.807, 2.05) is 31.2 Å². The lowest BCUT2D eigenvalue weighted by molar-refractivity contribution is 0.221. The summed E-state index contributed by atoms with van der Waals surface area (Å²) in [6, 6.07) is 11.9. The molecule has 0 aliphatic rings. The summed E-state index contributed by atoms with van der Waals surface area (Å²) in [6.45, 7) is 1.88. The number of amides is 2. The molecule has 0 fully saturated rings. The Balaban J connectivity index is 1.79. The van der Waals surface area contributed by atoms with Crippen molar-refractivity contribution in [1.82, 2.24) is 10.6 Å². The predicted octanol–water partition coefficient (Wildman–Crippen LogP) is 4.40. The molecule has 24 heavy (non-hydrogen) atoms. The molecule has 2 amide bonds. The second kappa shape index (κ2) is 8.66. The van der Waals surface area contributed by atoms with E-state index < -0.39 is 0 Å². The van der Waals surface area contributed by atoms with E-state index >= 15 is 0 Å². The maximum absolute atomic E-state index is 11.9. The molecular formula is C17H18Cl2N2O3. The number of nitrogens with one attached hydrogen (secondary N) is 2. The van der Waals surface area contributed by atoms with Gasteiger partial charge in [0.15, 0.2) is 6.73 Å². The Kier molecular flexibility index (Phi) is 6.58. The highest BCUT2D eigenvalue weighted by atomic mass is 35.5. The molecule has 0 saturated heterocycles. The van der Waals surface area contributed by atoms with Gasteiger partial charge in [0.2, 0.25) is 0 Å². The van der Waals surface area contributed by atoms with Crippen molar-refractivity contribution in [3.05, 3.63) is 58.1 Å². The molecule has 0 spiro atoms. The number of methoxy groups -OCH3 is 1. The van der Waals surface area contributed by atoms with Gasteiger partial charge in [-0.05, 0) is 42.8 Å². The van der Waals surface area contributed by atoms with Crippen LogP contribution in [0.25, 0.3) is 0 Å². The fourth-order valence-corrected chi connectivity index (χ4v) is 2.46. The monoisotopic (exact) mass is 368 g/mol. The van der Waals surface area contributed by atoms with Crippen molar-refractivity contribution < 1.29 is 14.3 Å². The lowest BCUT2D eigenvalue weighted by Crippen LogP contribution is -2.38. The summed E-state index contributed by atoms with van der Waals surface area (Å²) >= 11 is 11.8. The van der Waals surface area contributed by atoms with Crippen LogP contribution >= 0.6 is 23.2 Å². The van der Waals surface area contributed by atoms with Crippen molar-refractivity contribution in [3.8, 4) is 11.5 Å². The van der Waals surface area contributed by atoms with Crippen LogP contribution in [0.15, 0.2) is 42.5 Å². The van der Waals surface area contributed by atoms with Crippen LogP contribution in [0.3, 0.4) is 0 Å². The maximum Gasteiger partial charge on any atom is 0.317 e. The summed E-state index contributed by atoms with van der Waals surface area (Å²) in [7, 11) is 1.61. The third-order valence-electron chi connectivity index (χ3n) is 3.32. The van der Waals surface area contributed by atoms with Crippen molar-refractivity contribution in [1.29, 1.82) is 0 Å². The minimum atomic E-state index is -0.344. The second-order valence-corrected chi connectivity index (χ2v) is 5.85. The maximum atomic E-state index is 11.9. The van der Waals surface area contributed by atoms with Gasteiger partial charge in [-0.15, -0.1) is 0 Å². The molecule has 2 rings (SSSR count). The summed E-state index contributed by atoms with van der Waals surface area (Å²) < 4.78 is 10.5. The van der Waals surface area contributed by atoms with Crippen LogP contribution in [-0.4, -0.2) is 19.9 Å². The first-order valence-electron chi connectivity index (χ1n) is 7.25. The molecule has 1 atom stereocenters. The van der Waals surface area contributed by atoms with Crippen LogP contribution < -0.4 is 20.1 Å². The summed E-state index contributed by atoms with van der Waals surface area (Å²) in [4.78, 5) is 11.9. The Bertz CT molecular complexity index is 693. The van der Waals surface area contributed by atoms with E-state index in [9.17, 15) is 4.79 Å². The van der Waals surface area contributed by atoms with Crippen molar-refractivity contribution in [2.75, 3.05) is 13.8 Å². The van der Waals surface area contributed by atoms with Gasteiger partial charge < -0.3 is 20.1 Å². The van der Waals surface area contributed by atoms with Gasteiger partial charge in [-0.25, -0.2) is 4.79 Å². The summed E-state index contributed by atoms with van der Waals surface area (Å²) in [5.74, 6) is 1.22. The van der Waals surface area contributed by atoms with Gasteiger partial charge in [-0.1, -0.05) is 35.3 Å². The van der Waals surface area contributed by atoms with Gasteiger partial charge in [-0.3, -0.25) is 0 Å². The van der Waals surface area contributed by atoms with Crippen LogP contribution in [0.2, 0.25) is 10.0 Å². The summed E-state index contributed by atoms with van der Waals surface area (Å²) in [6.07, 6.45) is 0. The first-order chi connectivity index (χ1) is 11.5. The normalized spacial score (nSPS) is 11.5. The van der Waals surface area contributed by atoms with Crippen LogP contribution in [0.1, 0.15) is 18.5 Å². The highest BCUT2D eigenvalue weighted by molar-refractivity contribution is 6.35. The van der Waals surface area contributed by atoms with E-state index in [4.69, 9.17) is 32.7 Å². The van der Waals surface area contributed by atoms with E-state index in [0.717, 1.165) is 11.3 Å². The number of rotatable bonds is 6. The standard InChI is InChI=1S/C17H18Cl2N2O3/c1-11(12-3-6-14(23-2)7-4-12)21-17(22)20-10-24-16-8-5-13(18)9-15(16)19/h3-9,11H,10H2,1-2H3,(H2,20,21,22). The van der Waals surface area contributed by atoms with Gasteiger partial charge >= 0.3 is 6.03 Å². The van der Waals surface area contributed by atoms with Crippen LogP contribution in [0, 0.1) is 0 Å².